The van der Waals surface area contributed by atoms with Crippen molar-refractivity contribution in [3.63, 3.8) is 0 Å². The fourth-order valence-electron chi connectivity index (χ4n) is 1.90. The molecule has 5 N–H and O–H groups in total. The zero-order valence-corrected chi connectivity index (χ0v) is 14.1. The number of para-hydroxylation sites is 1. The Morgan fingerprint density at radius 2 is 1.96 bits per heavy atom. The lowest BCUT2D eigenvalue weighted by Gasteiger charge is -2.12. The summed E-state index contributed by atoms with van der Waals surface area (Å²) in [6.07, 6.45) is 0. The summed E-state index contributed by atoms with van der Waals surface area (Å²) in [5.41, 5.74) is 6.11. The molecule has 0 saturated carbocycles. The summed E-state index contributed by atoms with van der Waals surface area (Å²) >= 11 is 9.16. The number of nitrogens with two attached hydrogens (primary N) is 1. The SMILES string of the molecule is NC(=O)c1ccccc1NCC(=O)Nc1c(O)cc(Br)cc1Cl. The minimum Gasteiger partial charge on any atom is -0.506 e. The number of carbonyl (C=O) groups excluding carboxylic acids is 2. The number of aromatic hydroxyl groups is 1. The second-order valence-corrected chi connectivity index (χ2v) is 5.92. The van der Waals surface area contributed by atoms with Gasteiger partial charge >= 0.3 is 0 Å². The van der Waals surface area contributed by atoms with Crippen LogP contribution in [0, 0.1) is 0 Å². The van der Waals surface area contributed by atoms with Gasteiger partial charge in [0.1, 0.15) is 11.4 Å². The fraction of sp³-hybridized carbons (Fsp3) is 0.0667. The maximum Gasteiger partial charge on any atom is 0.250 e. The molecule has 0 aliphatic rings. The number of nitrogens with one attached hydrogen (secondary N) is 2. The van der Waals surface area contributed by atoms with Gasteiger partial charge in [0, 0.05) is 10.2 Å². The lowest BCUT2D eigenvalue weighted by Crippen LogP contribution is -2.23. The third-order valence-corrected chi connectivity index (χ3v) is 3.69. The molecule has 6 nitrogen and oxygen atoms in total. The molecule has 0 bridgehead atoms. The maximum atomic E-state index is 12.0. The van der Waals surface area contributed by atoms with Gasteiger partial charge in [-0.25, -0.2) is 0 Å². The number of carbonyl (C=O) groups is 2. The van der Waals surface area contributed by atoms with E-state index in [4.69, 9.17) is 17.3 Å². The summed E-state index contributed by atoms with van der Waals surface area (Å²) in [5, 5.41) is 15.3. The van der Waals surface area contributed by atoms with Crippen LogP contribution in [-0.4, -0.2) is 23.5 Å². The van der Waals surface area contributed by atoms with E-state index < -0.39 is 11.8 Å². The Kier molecular flexibility index (Phi) is 5.46. The lowest BCUT2D eigenvalue weighted by molar-refractivity contribution is -0.114. The molecule has 8 heteroatoms. The van der Waals surface area contributed by atoms with E-state index in [9.17, 15) is 14.7 Å². The highest BCUT2D eigenvalue weighted by Crippen LogP contribution is 2.34. The van der Waals surface area contributed by atoms with E-state index in [-0.39, 0.29) is 28.6 Å². The van der Waals surface area contributed by atoms with Crippen molar-refractivity contribution in [2.75, 3.05) is 17.2 Å². The van der Waals surface area contributed by atoms with Gasteiger partial charge in [0.2, 0.25) is 5.91 Å². The summed E-state index contributed by atoms with van der Waals surface area (Å²) < 4.78 is 0.589. The predicted octanol–water partition coefficient (Wildman–Crippen LogP) is 2.96. The van der Waals surface area contributed by atoms with E-state index in [2.05, 4.69) is 26.6 Å². The first-order valence-corrected chi connectivity index (χ1v) is 7.66. The van der Waals surface area contributed by atoms with Gasteiger partial charge in [-0.3, -0.25) is 9.59 Å². The van der Waals surface area contributed by atoms with Gasteiger partial charge in [-0.2, -0.15) is 0 Å². The van der Waals surface area contributed by atoms with Gasteiger partial charge < -0.3 is 21.5 Å². The zero-order chi connectivity index (χ0) is 17.0. The molecule has 23 heavy (non-hydrogen) atoms. The van der Waals surface area contributed by atoms with Crippen LogP contribution in [0.25, 0.3) is 0 Å². The number of primary amides is 1. The van der Waals surface area contributed by atoms with Crippen LogP contribution in [0.3, 0.4) is 0 Å². The van der Waals surface area contributed by atoms with E-state index in [0.29, 0.717) is 10.2 Å². The second kappa shape index (κ2) is 7.34. The third kappa shape index (κ3) is 4.37. The number of rotatable bonds is 5. The minimum absolute atomic E-state index is 0.116. The molecule has 120 valence electrons. The molecular weight excluding hydrogens is 386 g/mol. The fourth-order valence-corrected chi connectivity index (χ4v) is 2.73. The number of phenolic OH excluding ortho intramolecular Hbond substituents is 1. The van der Waals surface area contributed by atoms with E-state index in [1.165, 1.54) is 6.07 Å². The van der Waals surface area contributed by atoms with Crippen molar-refractivity contribution in [3.05, 3.63) is 51.5 Å². The van der Waals surface area contributed by atoms with Crippen LogP contribution in [0.5, 0.6) is 5.75 Å². The van der Waals surface area contributed by atoms with E-state index in [1.54, 1.807) is 30.3 Å². The van der Waals surface area contributed by atoms with E-state index in [0.717, 1.165) is 0 Å². The van der Waals surface area contributed by atoms with E-state index in [1.807, 2.05) is 0 Å². The van der Waals surface area contributed by atoms with Crippen molar-refractivity contribution in [2.45, 2.75) is 0 Å². The van der Waals surface area contributed by atoms with Gasteiger partial charge in [-0.05, 0) is 24.3 Å². The summed E-state index contributed by atoms with van der Waals surface area (Å²) in [6.45, 7) is -0.129. The molecule has 0 heterocycles. The third-order valence-electron chi connectivity index (χ3n) is 2.93. The van der Waals surface area contributed by atoms with Crippen LogP contribution in [0.4, 0.5) is 11.4 Å². The van der Waals surface area contributed by atoms with Crippen LogP contribution < -0.4 is 16.4 Å². The number of benzene rings is 2. The topological polar surface area (TPSA) is 104 Å². The van der Waals surface area contributed by atoms with Gasteiger partial charge in [-0.15, -0.1) is 0 Å². The highest BCUT2D eigenvalue weighted by molar-refractivity contribution is 9.10. The molecule has 2 aromatic rings. The lowest BCUT2D eigenvalue weighted by atomic mass is 10.1. The molecule has 0 aliphatic carbocycles. The van der Waals surface area contributed by atoms with Crippen LogP contribution in [0.2, 0.25) is 5.02 Å². The van der Waals surface area contributed by atoms with Gasteiger partial charge in [-0.1, -0.05) is 39.7 Å². The molecule has 2 aromatic carbocycles. The summed E-state index contributed by atoms with van der Waals surface area (Å²) in [6, 6.07) is 9.54. The van der Waals surface area contributed by atoms with Crippen LogP contribution in [0.1, 0.15) is 10.4 Å². The number of anilines is 2. The van der Waals surface area contributed by atoms with Crippen LogP contribution >= 0.6 is 27.5 Å². The van der Waals surface area contributed by atoms with Crippen molar-refractivity contribution in [2.24, 2.45) is 5.73 Å². The number of hydrogen-bond acceptors (Lipinski definition) is 4. The van der Waals surface area contributed by atoms with Gasteiger partial charge in [0.05, 0.1) is 17.1 Å². The Bertz CT molecular complexity index is 744. The first-order chi connectivity index (χ1) is 10.9. The second-order valence-electron chi connectivity index (χ2n) is 4.59. The number of amides is 2. The van der Waals surface area contributed by atoms with Gasteiger partial charge in [0.25, 0.3) is 5.91 Å². The molecule has 0 saturated heterocycles. The molecule has 0 aliphatic heterocycles. The average Bonchev–Trinajstić information content (AvgIpc) is 2.49. The van der Waals surface area contributed by atoms with Crippen molar-refractivity contribution >= 4 is 50.7 Å². The zero-order valence-electron chi connectivity index (χ0n) is 11.8. The highest BCUT2D eigenvalue weighted by Gasteiger charge is 2.13. The Balaban J connectivity index is 2.06. The summed E-state index contributed by atoms with van der Waals surface area (Å²) in [4.78, 5) is 23.3. The van der Waals surface area contributed by atoms with Crippen molar-refractivity contribution in [1.29, 1.82) is 0 Å². The number of halogens is 2. The maximum absolute atomic E-state index is 12.0. The summed E-state index contributed by atoms with van der Waals surface area (Å²) in [5.74, 6) is -1.19. The smallest absolute Gasteiger partial charge is 0.250 e. The number of hydrogen-bond donors (Lipinski definition) is 4. The monoisotopic (exact) mass is 397 g/mol. The van der Waals surface area contributed by atoms with Crippen molar-refractivity contribution < 1.29 is 14.7 Å². The molecule has 0 aromatic heterocycles. The minimum atomic E-state index is -0.595. The first-order valence-electron chi connectivity index (χ1n) is 6.49. The van der Waals surface area contributed by atoms with Crippen molar-refractivity contribution in [3.8, 4) is 5.75 Å². The molecule has 0 atom stereocenters. The molecular formula is C15H13BrClN3O3. The highest BCUT2D eigenvalue weighted by atomic mass is 79.9. The normalized spacial score (nSPS) is 10.2. The largest absolute Gasteiger partial charge is 0.506 e. The molecule has 2 rings (SSSR count). The number of phenols is 1. The molecule has 0 fully saturated rings. The van der Waals surface area contributed by atoms with Crippen LogP contribution in [-0.2, 0) is 4.79 Å². The molecule has 0 unspecified atom stereocenters. The van der Waals surface area contributed by atoms with Crippen molar-refractivity contribution in [1.82, 2.24) is 0 Å². The average molecular weight is 399 g/mol. The standard InChI is InChI=1S/C15H13BrClN3O3/c16-8-5-10(17)14(12(21)6-8)20-13(22)7-19-11-4-2-1-3-9(11)15(18)23/h1-6,19,21H,7H2,(H2,18,23)(H,20,22). The first kappa shape index (κ1) is 17.1. The Morgan fingerprint density at radius 1 is 1.26 bits per heavy atom. The van der Waals surface area contributed by atoms with Crippen LogP contribution in [0.15, 0.2) is 40.9 Å². The summed E-state index contributed by atoms with van der Waals surface area (Å²) in [7, 11) is 0. The van der Waals surface area contributed by atoms with Gasteiger partial charge in [0.15, 0.2) is 0 Å². The quantitative estimate of drug-likeness (QED) is 0.581. The van der Waals surface area contributed by atoms with E-state index >= 15 is 0 Å². The molecule has 2 amide bonds. The Labute approximate surface area is 145 Å². The predicted molar refractivity (Wildman–Crippen MR) is 92.9 cm³/mol. The Hall–Kier alpha value is -2.25. The molecule has 0 radical (unpaired) electrons. The molecule has 0 spiro atoms. The Morgan fingerprint density at radius 3 is 2.61 bits per heavy atom.